The quantitative estimate of drug-likeness (QED) is 0.479. The topological polar surface area (TPSA) is 9.23 Å². The van der Waals surface area contributed by atoms with Crippen LogP contribution in [-0.2, 0) is 4.43 Å². The molecule has 5 heteroatoms. The fraction of sp³-hybridized carbons (Fsp3) is 0.143. The molecule has 0 saturated carbocycles. The van der Waals surface area contributed by atoms with Gasteiger partial charge in [0.15, 0.2) is 0 Å². The average molecular weight is 227 g/mol. The summed E-state index contributed by atoms with van der Waals surface area (Å²) < 4.78 is 5.73. The molecule has 1 unspecified atom stereocenters. The van der Waals surface area contributed by atoms with E-state index in [1.807, 2.05) is 0 Å². The zero-order valence-corrected chi connectivity index (χ0v) is 12.6. The first-order chi connectivity index (χ1) is 5.97. The zero-order valence-electron chi connectivity index (χ0n) is 7.20. The van der Waals surface area contributed by atoms with Crippen LogP contribution in [0, 0.1) is 0 Å². The van der Waals surface area contributed by atoms with Crippen LogP contribution in [0.5, 0.6) is 0 Å². The lowest BCUT2D eigenvalue weighted by Crippen LogP contribution is -2.50. The van der Waals surface area contributed by atoms with E-state index in [1.54, 1.807) is 5.19 Å². The summed E-state index contributed by atoms with van der Waals surface area (Å²) in [5.41, 5.74) is 0. The molecule has 12 heavy (non-hydrogen) atoms. The van der Waals surface area contributed by atoms with Crippen molar-refractivity contribution >= 4 is 39.9 Å². The summed E-state index contributed by atoms with van der Waals surface area (Å²) in [6.45, 7) is 0. The second-order valence-corrected chi connectivity index (χ2v) is 27.4. The Morgan fingerprint density at radius 3 is 2.75 bits per heavy atom. The molecule has 0 aromatic heterocycles. The summed E-state index contributed by atoms with van der Waals surface area (Å²) in [5.74, 6) is 0. The van der Waals surface area contributed by atoms with E-state index in [-0.39, 0.29) is 9.28 Å². The molecule has 1 saturated heterocycles. The van der Waals surface area contributed by atoms with Crippen molar-refractivity contribution in [3.8, 4) is 0 Å². The van der Waals surface area contributed by atoms with Gasteiger partial charge >= 0.3 is 0 Å². The Kier molecular flexibility index (Phi) is 3.12. The highest BCUT2D eigenvalue weighted by Crippen LogP contribution is 1.91. The highest BCUT2D eigenvalue weighted by molar-refractivity contribution is 7.51. The van der Waals surface area contributed by atoms with Gasteiger partial charge in [-0.3, -0.25) is 0 Å². The van der Waals surface area contributed by atoms with Crippen molar-refractivity contribution in [2.75, 3.05) is 6.23 Å². The first-order valence-electron chi connectivity index (χ1n) is 4.59. The lowest BCUT2D eigenvalue weighted by atomic mass is 10.4. The van der Waals surface area contributed by atoms with Crippen molar-refractivity contribution < 1.29 is 4.43 Å². The third kappa shape index (κ3) is 2.05. The molecular formula is C7H14OSi4. The number of hydrogen-bond acceptors (Lipinski definition) is 1. The Morgan fingerprint density at radius 2 is 2.08 bits per heavy atom. The molecule has 0 N–H and O–H groups in total. The molecule has 2 rings (SSSR count). The largest absolute Gasteiger partial charge is 0.432 e. The van der Waals surface area contributed by atoms with Gasteiger partial charge in [-0.25, -0.2) is 0 Å². The molecule has 1 fully saturated rings. The highest BCUT2D eigenvalue weighted by Gasteiger charge is 2.17. The molecule has 1 aliphatic rings. The Labute approximate surface area is 81.1 Å². The number of hydrogen-bond donors (Lipinski definition) is 0. The Balaban J connectivity index is 2.08. The fourth-order valence-electron chi connectivity index (χ4n) is 1.73. The molecule has 64 valence electrons. The molecule has 1 nitrogen and oxygen atoms in total. The SMILES string of the molecule is c1ccc([SiH]2CO[SiH2][SiH2][SiH2]2)cc1. The fourth-order valence-corrected chi connectivity index (χ4v) is 43.8. The van der Waals surface area contributed by atoms with Crippen molar-refractivity contribution in [2.24, 2.45) is 0 Å². The van der Waals surface area contributed by atoms with E-state index < -0.39 is 8.31 Å². The standard InChI is InChI=1S/C7H14OSi4/c1-2-4-7(5-3-1)12-6-8-9-10-11-12/h1-5,12H,6,9-11H2. The molecule has 0 bridgehead atoms. The summed E-state index contributed by atoms with van der Waals surface area (Å²) in [5, 5.41) is 1.69. The van der Waals surface area contributed by atoms with Crippen LogP contribution in [0.4, 0.5) is 0 Å². The molecule has 0 amide bonds. The highest BCUT2D eigenvalue weighted by atomic mass is 29.7. The van der Waals surface area contributed by atoms with Crippen LogP contribution in [0.15, 0.2) is 30.3 Å². The van der Waals surface area contributed by atoms with Gasteiger partial charge < -0.3 is 4.43 Å². The summed E-state index contributed by atoms with van der Waals surface area (Å²) >= 11 is 0. The summed E-state index contributed by atoms with van der Waals surface area (Å²) in [7, 11) is 0.509. The van der Waals surface area contributed by atoms with Crippen molar-refractivity contribution in [1.29, 1.82) is 0 Å². The average Bonchev–Trinajstić information content (AvgIpc) is 2.21. The van der Waals surface area contributed by atoms with Gasteiger partial charge in [-0.2, -0.15) is 0 Å². The van der Waals surface area contributed by atoms with E-state index in [0.29, 0.717) is 17.1 Å². The summed E-state index contributed by atoms with van der Waals surface area (Å²) in [6, 6.07) is 11.1. The minimum absolute atomic E-state index is 0.107. The van der Waals surface area contributed by atoms with Gasteiger partial charge in [0.05, 0.1) is 8.31 Å². The van der Waals surface area contributed by atoms with Crippen LogP contribution in [-0.4, -0.2) is 40.9 Å². The molecule has 1 aromatic carbocycles. The van der Waals surface area contributed by atoms with Crippen LogP contribution in [0.1, 0.15) is 0 Å². The molecule has 0 spiro atoms. The maximum absolute atomic E-state index is 5.73. The van der Waals surface area contributed by atoms with E-state index in [9.17, 15) is 0 Å². The van der Waals surface area contributed by atoms with Crippen molar-refractivity contribution in [3.63, 3.8) is 0 Å². The van der Waals surface area contributed by atoms with Crippen LogP contribution in [0.2, 0.25) is 0 Å². The lowest BCUT2D eigenvalue weighted by molar-refractivity contribution is 0.419. The monoisotopic (exact) mass is 226 g/mol. The van der Waals surface area contributed by atoms with E-state index in [4.69, 9.17) is 4.43 Å². The minimum Gasteiger partial charge on any atom is -0.432 e. The lowest BCUT2D eigenvalue weighted by Gasteiger charge is -2.19. The number of benzene rings is 1. The number of rotatable bonds is 1. The predicted octanol–water partition coefficient (Wildman–Crippen LogP) is -2.56. The summed E-state index contributed by atoms with van der Waals surface area (Å²) in [4.78, 5) is 0. The van der Waals surface area contributed by atoms with Crippen LogP contribution in [0.25, 0.3) is 0 Å². The molecule has 0 aliphatic carbocycles. The maximum Gasteiger partial charge on any atom is 0.139 e. The van der Waals surface area contributed by atoms with E-state index in [0.717, 1.165) is 0 Å². The van der Waals surface area contributed by atoms with Gasteiger partial charge in [0.1, 0.15) is 9.28 Å². The normalized spacial score (nSPS) is 29.8. The summed E-state index contributed by atoms with van der Waals surface area (Å²) in [6.07, 6.45) is 1.20. The first-order valence-corrected chi connectivity index (χ1v) is 17.8. The molecule has 1 atom stereocenters. The molecule has 1 heterocycles. The molecule has 1 aliphatic heterocycles. The van der Waals surface area contributed by atoms with Crippen molar-refractivity contribution in [2.45, 2.75) is 0 Å². The predicted molar refractivity (Wildman–Crippen MR) is 64.8 cm³/mol. The zero-order chi connectivity index (χ0) is 8.23. The van der Waals surface area contributed by atoms with Crippen LogP contribution in [0.3, 0.4) is 0 Å². The van der Waals surface area contributed by atoms with Gasteiger partial charge in [0.25, 0.3) is 0 Å². The first kappa shape index (κ1) is 8.64. The smallest absolute Gasteiger partial charge is 0.139 e. The van der Waals surface area contributed by atoms with Gasteiger partial charge in [0, 0.05) is 23.3 Å². The molecule has 1 aromatic rings. The van der Waals surface area contributed by atoms with E-state index in [2.05, 4.69) is 30.3 Å². The third-order valence-corrected chi connectivity index (χ3v) is 37.5. The minimum atomic E-state index is -0.471. The van der Waals surface area contributed by atoms with Crippen LogP contribution < -0.4 is 5.19 Å². The van der Waals surface area contributed by atoms with E-state index >= 15 is 0 Å². The Hall–Kier alpha value is 0.0475. The molecule has 0 radical (unpaired) electrons. The maximum atomic E-state index is 5.73. The second-order valence-electron chi connectivity index (χ2n) is 3.32. The third-order valence-electron chi connectivity index (χ3n) is 2.43. The molecular weight excluding hydrogens is 212 g/mol. The van der Waals surface area contributed by atoms with Gasteiger partial charge in [-0.1, -0.05) is 35.5 Å². The Morgan fingerprint density at radius 1 is 1.25 bits per heavy atom. The van der Waals surface area contributed by atoms with Gasteiger partial charge in [0.2, 0.25) is 0 Å². The van der Waals surface area contributed by atoms with E-state index in [1.165, 1.54) is 6.23 Å². The van der Waals surface area contributed by atoms with Crippen LogP contribution >= 0.6 is 0 Å². The van der Waals surface area contributed by atoms with Crippen molar-refractivity contribution in [1.82, 2.24) is 0 Å². The second kappa shape index (κ2) is 4.33. The van der Waals surface area contributed by atoms with Gasteiger partial charge in [-0.05, 0) is 0 Å². The Bertz CT molecular complexity index is 234. The van der Waals surface area contributed by atoms with Gasteiger partial charge in [-0.15, -0.1) is 0 Å². The van der Waals surface area contributed by atoms with Crippen molar-refractivity contribution in [3.05, 3.63) is 30.3 Å².